The maximum absolute atomic E-state index is 6.19. The number of benzene rings is 1. The average molecular weight is 271 g/mol. The zero-order chi connectivity index (χ0) is 13.1. The van der Waals surface area contributed by atoms with Crippen LogP contribution in [0.1, 0.15) is 30.1 Å². The van der Waals surface area contributed by atoms with Crippen molar-refractivity contribution >= 4 is 16.3 Å². The van der Waals surface area contributed by atoms with E-state index in [1.165, 1.54) is 5.56 Å². The number of aromatic nitrogens is 2. The zero-order valence-electron chi connectivity index (χ0n) is 10.7. The quantitative estimate of drug-likeness (QED) is 0.772. The van der Waals surface area contributed by atoms with E-state index in [4.69, 9.17) is 5.73 Å². The molecule has 3 nitrogen and oxygen atoms in total. The molecule has 0 spiro atoms. The Hall–Kier alpha value is -1.65. The van der Waals surface area contributed by atoms with Gasteiger partial charge in [-0.05, 0) is 24.8 Å². The average Bonchev–Trinajstić information content (AvgIpc) is 3.00. The standard InChI is InChI=1S/C15H17N3S/c16-14(12-5-2-1-3-6-12)8-4-7-13-11-18-9-10-19-15(18)17-13/h1-3,5-6,9-11,14H,4,7-8,16H2. The first-order valence-corrected chi connectivity index (χ1v) is 7.42. The van der Waals surface area contributed by atoms with Crippen molar-refractivity contribution in [2.45, 2.75) is 25.3 Å². The van der Waals surface area contributed by atoms with Crippen LogP contribution in [0.4, 0.5) is 0 Å². The van der Waals surface area contributed by atoms with Gasteiger partial charge in [0.2, 0.25) is 0 Å². The van der Waals surface area contributed by atoms with Crippen LogP contribution in [0.3, 0.4) is 0 Å². The van der Waals surface area contributed by atoms with Gasteiger partial charge in [0, 0.05) is 23.8 Å². The molecule has 0 aliphatic carbocycles. The van der Waals surface area contributed by atoms with Gasteiger partial charge in [0.1, 0.15) is 0 Å². The highest BCUT2D eigenvalue weighted by Crippen LogP contribution is 2.18. The summed E-state index contributed by atoms with van der Waals surface area (Å²) in [5.41, 5.74) is 8.57. The lowest BCUT2D eigenvalue weighted by atomic mass is 10.0. The molecule has 0 saturated heterocycles. The van der Waals surface area contributed by atoms with Crippen LogP contribution >= 0.6 is 11.3 Å². The fourth-order valence-electron chi connectivity index (χ4n) is 2.27. The SMILES string of the molecule is NC(CCCc1cn2ccsc2n1)c1ccccc1. The van der Waals surface area contributed by atoms with Crippen molar-refractivity contribution in [1.82, 2.24) is 9.38 Å². The summed E-state index contributed by atoms with van der Waals surface area (Å²) in [6.07, 6.45) is 7.22. The van der Waals surface area contributed by atoms with E-state index < -0.39 is 0 Å². The van der Waals surface area contributed by atoms with Gasteiger partial charge in [-0.2, -0.15) is 0 Å². The molecule has 4 heteroatoms. The fourth-order valence-corrected chi connectivity index (χ4v) is 2.99. The minimum atomic E-state index is 0.130. The fraction of sp³-hybridized carbons (Fsp3) is 0.267. The normalized spacial score (nSPS) is 12.9. The second-order valence-electron chi connectivity index (χ2n) is 4.73. The summed E-state index contributed by atoms with van der Waals surface area (Å²) in [7, 11) is 0. The molecule has 0 aliphatic rings. The molecular formula is C15H17N3S. The second kappa shape index (κ2) is 5.55. The van der Waals surface area contributed by atoms with Crippen molar-refractivity contribution in [2.24, 2.45) is 5.73 Å². The smallest absolute Gasteiger partial charge is 0.193 e. The maximum Gasteiger partial charge on any atom is 0.193 e. The summed E-state index contributed by atoms with van der Waals surface area (Å²) < 4.78 is 2.08. The lowest BCUT2D eigenvalue weighted by Crippen LogP contribution is -2.10. The molecule has 2 aromatic heterocycles. The van der Waals surface area contributed by atoms with Crippen LogP contribution in [0.5, 0.6) is 0 Å². The summed E-state index contributed by atoms with van der Waals surface area (Å²) in [5.74, 6) is 0. The number of thiazole rings is 1. The van der Waals surface area contributed by atoms with E-state index in [0.29, 0.717) is 0 Å². The lowest BCUT2D eigenvalue weighted by Gasteiger charge is -2.10. The predicted octanol–water partition coefficient (Wildman–Crippen LogP) is 3.42. The molecule has 1 aromatic carbocycles. The van der Waals surface area contributed by atoms with Gasteiger partial charge in [0.05, 0.1) is 5.69 Å². The van der Waals surface area contributed by atoms with Crippen molar-refractivity contribution in [1.29, 1.82) is 0 Å². The first-order chi connectivity index (χ1) is 9.33. The van der Waals surface area contributed by atoms with E-state index in [2.05, 4.69) is 33.1 Å². The summed E-state index contributed by atoms with van der Waals surface area (Å²) >= 11 is 1.67. The number of nitrogens with two attached hydrogens (primary N) is 1. The maximum atomic E-state index is 6.19. The summed E-state index contributed by atoms with van der Waals surface area (Å²) in [5, 5.41) is 2.05. The topological polar surface area (TPSA) is 43.3 Å². The number of imidazole rings is 1. The summed E-state index contributed by atoms with van der Waals surface area (Å²) in [4.78, 5) is 5.65. The minimum Gasteiger partial charge on any atom is -0.324 e. The Balaban J connectivity index is 1.54. The first-order valence-electron chi connectivity index (χ1n) is 6.54. The molecule has 3 aromatic rings. The molecule has 3 rings (SSSR count). The highest BCUT2D eigenvalue weighted by molar-refractivity contribution is 7.15. The Morgan fingerprint density at radius 3 is 2.89 bits per heavy atom. The number of nitrogens with zero attached hydrogens (tertiary/aromatic N) is 2. The monoisotopic (exact) mass is 271 g/mol. The Kier molecular flexibility index (Phi) is 3.62. The molecule has 0 saturated carbocycles. The van der Waals surface area contributed by atoms with E-state index >= 15 is 0 Å². The van der Waals surface area contributed by atoms with Crippen LogP contribution < -0.4 is 5.73 Å². The van der Waals surface area contributed by atoms with Gasteiger partial charge >= 0.3 is 0 Å². The Bertz CT molecular complexity index is 613. The third kappa shape index (κ3) is 2.85. The van der Waals surface area contributed by atoms with Crippen LogP contribution in [0, 0.1) is 0 Å². The van der Waals surface area contributed by atoms with Crippen LogP contribution in [-0.4, -0.2) is 9.38 Å². The minimum absolute atomic E-state index is 0.130. The molecule has 2 N–H and O–H groups in total. The van der Waals surface area contributed by atoms with Crippen LogP contribution in [0.15, 0.2) is 48.1 Å². The van der Waals surface area contributed by atoms with Crippen LogP contribution in [-0.2, 0) is 6.42 Å². The second-order valence-corrected chi connectivity index (χ2v) is 5.61. The molecule has 2 heterocycles. The van der Waals surface area contributed by atoms with Crippen molar-refractivity contribution < 1.29 is 0 Å². The third-order valence-electron chi connectivity index (χ3n) is 3.32. The van der Waals surface area contributed by atoms with Gasteiger partial charge in [0.15, 0.2) is 4.96 Å². The highest BCUT2D eigenvalue weighted by Gasteiger charge is 2.07. The molecule has 0 amide bonds. The van der Waals surface area contributed by atoms with Gasteiger partial charge in [-0.15, -0.1) is 11.3 Å². The van der Waals surface area contributed by atoms with E-state index in [9.17, 15) is 0 Å². The number of aryl methyl sites for hydroxylation is 1. The van der Waals surface area contributed by atoms with Gasteiger partial charge in [-0.25, -0.2) is 4.98 Å². The van der Waals surface area contributed by atoms with Crippen LogP contribution in [0.25, 0.3) is 4.96 Å². The molecule has 0 aliphatic heterocycles. The number of hydrogen-bond acceptors (Lipinski definition) is 3. The van der Waals surface area contributed by atoms with Crippen molar-refractivity contribution in [2.75, 3.05) is 0 Å². The molecule has 1 atom stereocenters. The number of fused-ring (bicyclic) bond motifs is 1. The molecule has 19 heavy (non-hydrogen) atoms. The largest absolute Gasteiger partial charge is 0.324 e. The van der Waals surface area contributed by atoms with E-state index in [1.807, 2.05) is 24.4 Å². The first kappa shape index (κ1) is 12.4. The van der Waals surface area contributed by atoms with Crippen molar-refractivity contribution in [3.05, 3.63) is 59.4 Å². The number of rotatable bonds is 5. The molecule has 0 fully saturated rings. The summed E-state index contributed by atoms with van der Waals surface area (Å²) in [6, 6.07) is 10.4. The molecule has 1 unspecified atom stereocenters. The molecular weight excluding hydrogens is 254 g/mol. The molecule has 0 radical (unpaired) electrons. The number of hydrogen-bond donors (Lipinski definition) is 1. The zero-order valence-corrected chi connectivity index (χ0v) is 11.5. The van der Waals surface area contributed by atoms with Crippen molar-refractivity contribution in [3.63, 3.8) is 0 Å². The van der Waals surface area contributed by atoms with E-state index in [1.54, 1.807) is 11.3 Å². The Morgan fingerprint density at radius 2 is 2.11 bits per heavy atom. The van der Waals surface area contributed by atoms with E-state index in [0.717, 1.165) is 29.9 Å². The molecule has 98 valence electrons. The van der Waals surface area contributed by atoms with Gasteiger partial charge in [-0.3, -0.25) is 4.40 Å². The summed E-state index contributed by atoms with van der Waals surface area (Å²) in [6.45, 7) is 0. The lowest BCUT2D eigenvalue weighted by molar-refractivity contribution is 0.608. The third-order valence-corrected chi connectivity index (χ3v) is 4.09. The van der Waals surface area contributed by atoms with Gasteiger partial charge in [-0.1, -0.05) is 30.3 Å². The Morgan fingerprint density at radius 1 is 1.26 bits per heavy atom. The predicted molar refractivity (Wildman–Crippen MR) is 79.4 cm³/mol. The van der Waals surface area contributed by atoms with Gasteiger partial charge in [0.25, 0.3) is 0 Å². The Labute approximate surface area is 116 Å². The highest BCUT2D eigenvalue weighted by atomic mass is 32.1. The van der Waals surface area contributed by atoms with Crippen LogP contribution in [0.2, 0.25) is 0 Å². The van der Waals surface area contributed by atoms with Gasteiger partial charge < -0.3 is 5.73 Å². The van der Waals surface area contributed by atoms with Crippen molar-refractivity contribution in [3.8, 4) is 0 Å². The molecule has 0 bridgehead atoms. The van der Waals surface area contributed by atoms with E-state index in [-0.39, 0.29) is 6.04 Å².